The van der Waals surface area contributed by atoms with Crippen LogP contribution in [0, 0.1) is 0 Å². The van der Waals surface area contributed by atoms with E-state index in [1.54, 1.807) is 17.0 Å². The molecule has 0 bridgehead atoms. The highest BCUT2D eigenvalue weighted by Crippen LogP contribution is 2.31. The molecule has 0 unspecified atom stereocenters. The van der Waals surface area contributed by atoms with Crippen molar-refractivity contribution in [2.75, 3.05) is 0 Å². The Morgan fingerprint density at radius 2 is 1.73 bits per heavy atom. The second-order valence-electron chi connectivity index (χ2n) is 7.72. The number of fused-ring (bicyclic) bond motifs is 1. The lowest BCUT2D eigenvalue weighted by Gasteiger charge is -2.26. The van der Waals surface area contributed by atoms with Crippen LogP contribution in [-0.2, 0) is 17.5 Å². The summed E-state index contributed by atoms with van der Waals surface area (Å²) >= 11 is 0. The first kappa shape index (κ1) is 20.4. The quantitative estimate of drug-likeness (QED) is 0.671. The van der Waals surface area contributed by atoms with Crippen molar-refractivity contribution in [1.82, 2.24) is 14.9 Å². The molecule has 5 nitrogen and oxygen atoms in total. The van der Waals surface area contributed by atoms with Gasteiger partial charge in [-0.25, -0.2) is 4.98 Å². The molecule has 1 aromatic heterocycles. The number of amides is 1. The van der Waals surface area contributed by atoms with Crippen LogP contribution in [0.5, 0.6) is 0 Å². The van der Waals surface area contributed by atoms with Gasteiger partial charge in [-0.05, 0) is 61.1 Å². The monoisotopic (exact) mass is 417 g/mol. The fourth-order valence-electron chi connectivity index (χ4n) is 3.87. The number of aliphatic hydroxyl groups excluding tert-OH is 1. The van der Waals surface area contributed by atoms with Crippen molar-refractivity contribution in [3.05, 3.63) is 54.4 Å². The van der Waals surface area contributed by atoms with Crippen molar-refractivity contribution < 1.29 is 23.1 Å². The first-order valence-corrected chi connectivity index (χ1v) is 9.89. The third kappa shape index (κ3) is 4.48. The second kappa shape index (κ2) is 8.10. The Hall–Kier alpha value is -2.87. The van der Waals surface area contributed by atoms with Crippen LogP contribution in [0.15, 0.2) is 48.8 Å². The van der Waals surface area contributed by atoms with Gasteiger partial charge in [0.05, 0.1) is 29.0 Å². The van der Waals surface area contributed by atoms with E-state index in [1.165, 1.54) is 12.1 Å². The number of carbonyl (C=O) groups is 1. The van der Waals surface area contributed by atoms with Gasteiger partial charge in [-0.3, -0.25) is 4.79 Å². The molecule has 0 atom stereocenters. The minimum absolute atomic E-state index is 0.0851. The SMILES string of the molecule is O=C(Cn1cnc2cc(-c3ccc(C(F)(F)F)cc3)ccc21)NC1CCC(O)CC1. The van der Waals surface area contributed by atoms with Crippen molar-refractivity contribution in [2.24, 2.45) is 0 Å². The maximum absolute atomic E-state index is 12.7. The van der Waals surface area contributed by atoms with Gasteiger partial charge in [-0.15, -0.1) is 0 Å². The van der Waals surface area contributed by atoms with E-state index in [2.05, 4.69) is 10.3 Å². The zero-order chi connectivity index (χ0) is 21.3. The lowest BCUT2D eigenvalue weighted by atomic mass is 9.93. The molecule has 0 spiro atoms. The number of rotatable bonds is 4. The summed E-state index contributed by atoms with van der Waals surface area (Å²) in [5.41, 5.74) is 2.18. The van der Waals surface area contributed by atoms with Crippen molar-refractivity contribution >= 4 is 16.9 Å². The largest absolute Gasteiger partial charge is 0.416 e. The number of halogens is 3. The van der Waals surface area contributed by atoms with E-state index in [4.69, 9.17) is 0 Å². The fourth-order valence-corrected chi connectivity index (χ4v) is 3.87. The summed E-state index contributed by atoms with van der Waals surface area (Å²) in [5.74, 6) is -0.109. The van der Waals surface area contributed by atoms with Crippen LogP contribution >= 0.6 is 0 Å². The normalized spacial score (nSPS) is 19.7. The molecular weight excluding hydrogens is 395 g/mol. The number of nitrogens with zero attached hydrogens (tertiary/aromatic N) is 2. The van der Waals surface area contributed by atoms with E-state index >= 15 is 0 Å². The highest BCUT2D eigenvalue weighted by Gasteiger charge is 2.30. The van der Waals surface area contributed by atoms with Crippen LogP contribution in [0.2, 0.25) is 0 Å². The Balaban J connectivity index is 1.46. The molecule has 4 rings (SSSR count). The summed E-state index contributed by atoms with van der Waals surface area (Å²) in [6.45, 7) is 0.134. The van der Waals surface area contributed by atoms with Gasteiger partial charge >= 0.3 is 6.18 Å². The summed E-state index contributed by atoms with van der Waals surface area (Å²) in [7, 11) is 0. The van der Waals surface area contributed by atoms with Crippen LogP contribution in [0.3, 0.4) is 0 Å². The zero-order valence-electron chi connectivity index (χ0n) is 16.2. The average molecular weight is 417 g/mol. The van der Waals surface area contributed by atoms with E-state index in [1.807, 2.05) is 12.1 Å². The molecule has 1 heterocycles. The minimum atomic E-state index is -4.36. The van der Waals surface area contributed by atoms with Gasteiger partial charge in [0, 0.05) is 6.04 Å². The minimum Gasteiger partial charge on any atom is -0.393 e. The van der Waals surface area contributed by atoms with Gasteiger partial charge < -0.3 is 15.0 Å². The number of imidazole rings is 1. The van der Waals surface area contributed by atoms with Crippen molar-refractivity contribution in [3.8, 4) is 11.1 Å². The molecule has 8 heteroatoms. The molecule has 1 saturated carbocycles. The number of aliphatic hydroxyl groups is 1. The van der Waals surface area contributed by atoms with Gasteiger partial charge in [-0.1, -0.05) is 18.2 Å². The number of hydrogen-bond donors (Lipinski definition) is 2. The molecular formula is C22H22F3N3O2. The third-order valence-electron chi connectivity index (χ3n) is 5.54. The molecule has 1 fully saturated rings. The Morgan fingerprint density at radius 3 is 2.40 bits per heavy atom. The van der Waals surface area contributed by atoms with Gasteiger partial charge in [0.15, 0.2) is 0 Å². The van der Waals surface area contributed by atoms with E-state index in [9.17, 15) is 23.1 Å². The van der Waals surface area contributed by atoms with Crippen molar-refractivity contribution in [2.45, 2.75) is 50.6 Å². The van der Waals surface area contributed by atoms with Crippen molar-refractivity contribution in [1.29, 1.82) is 0 Å². The van der Waals surface area contributed by atoms with Crippen LogP contribution in [0.4, 0.5) is 13.2 Å². The lowest BCUT2D eigenvalue weighted by Crippen LogP contribution is -2.40. The summed E-state index contributed by atoms with van der Waals surface area (Å²) in [6.07, 6.45) is -0.0981. The third-order valence-corrected chi connectivity index (χ3v) is 5.54. The first-order valence-electron chi connectivity index (χ1n) is 9.89. The summed E-state index contributed by atoms with van der Waals surface area (Å²) in [6, 6.07) is 10.5. The van der Waals surface area contributed by atoms with Crippen LogP contribution in [-0.4, -0.2) is 32.7 Å². The number of alkyl halides is 3. The lowest BCUT2D eigenvalue weighted by molar-refractivity contribution is -0.137. The van der Waals surface area contributed by atoms with E-state index in [-0.39, 0.29) is 24.6 Å². The zero-order valence-corrected chi connectivity index (χ0v) is 16.2. The number of benzene rings is 2. The summed E-state index contributed by atoms with van der Waals surface area (Å²) in [4.78, 5) is 16.7. The predicted octanol–water partition coefficient (Wildman–Crippen LogP) is 4.14. The molecule has 30 heavy (non-hydrogen) atoms. The van der Waals surface area contributed by atoms with Gasteiger partial charge in [0.2, 0.25) is 5.91 Å². The van der Waals surface area contributed by atoms with E-state index < -0.39 is 11.7 Å². The molecule has 2 aromatic carbocycles. The average Bonchev–Trinajstić information content (AvgIpc) is 3.11. The van der Waals surface area contributed by atoms with Gasteiger partial charge in [0.1, 0.15) is 6.54 Å². The standard InChI is InChI=1S/C22H22F3N3O2/c23-22(24,25)16-4-1-14(2-5-16)15-3-10-20-19(11-15)26-13-28(20)12-21(30)27-17-6-8-18(29)9-7-17/h1-5,10-11,13,17-18,29H,6-9,12H2,(H,27,30). The Bertz CT molecular complexity index is 1040. The molecule has 2 N–H and O–H groups in total. The molecule has 0 saturated heterocycles. The van der Waals surface area contributed by atoms with E-state index in [0.29, 0.717) is 23.9 Å². The van der Waals surface area contributed by atoms with E-state index in [0.717, 1.165) is 36.1 Å². The van der Waals surface area contributed by atoms with Gasteiger partial charge in [-0.2, -0.15) is 13.2 Å². The highest BCUT2D eigenvalue weighted by atomic mass is 19.4. The van der Waals surface area contributed by atoms with Crippen LogP contribution in [0.25, 0.3) is 22.2 Å². The number of hydrogen-bond acceptors (Lipinski definition) is 3. The maximum Gasteiger partial charge on any atom is 0.416 e. The Labute approximate surface area is 171 Å². The molecule has 0 radical (unpaired) electrons. The molecule has 1 aliphatic carbocycles. The second-order valence-corrected chi connectivity index (χ2v) is 7.72. The van der Waals surface area contributed by atoms with Gasteiger partial charge in [0.25, 0.3) is 0 Å². The molecule has 0 aliphatic heterocycles. The number of carbonyl (C=O) groups excluding carboxylic acids is 1. The predicted molar refractivity (Wildman–Crippen MR) is 107 cm³/mol. The molecule has 3 aromatic rings. The highest BCUT2D eigenvalue weighted by molar-refractivity contribution is 5.84. The van der Waals surface area contributed by atoms with Crippen LogP contribution < -0.4 is 5.32 Å². The first-order chi connectivity index (χ1) is 14.3. The number of aromatic nitrogens is 2. The molecule has 1 amide bonds. The number of nitrogens with one attached hydrogen (secondary N) is 1. The summed E-state index contributed by atoms with van der Waals surface area (Å²) in [5, 5.41) is 12.6. The Morgan fingerprint density at radius 1 is 1.07 bits per heavy atom. The molecule has 158 valence electrons. The van der Waals surface area contributed by atoms with Crippen molar-refractivity contribution in [3.63, 3.8) is 0 Å². The molecule has 1 aliphatic rings. The Kier molecular flexibility index (Phi) is 5.51. The fraction of sp³-hybridized carbons (Fsp3) is 0.364. The summed E-state index contributed by atoms with van der Waals surface area (Å²) < 4.78 is 40.0. The van der Waals surface area contributed by atoms with Crippen LogP contribution in [0.1, 0.15) is 31.2 Å². The topological polar surface area (TPSA) is 67.2 Å². The smallest absolute Gasteiger partial charge is 0.393 e. The maximum atomic E-state index is 12.7.